The third kappa shape index (κ3) is 4.36. The molecular weight excluding hydrogens is 214 g/mol. The Balaban J connectivity index is 2.47. The van der Waals surface area contributed by atoms with Crippen molar-refractivity contribution >= 4 is 0 Å². The molecule has 0 amide bonds. The second kappa shape index (κ2) is 6.62. The molecule has 0 saturated heterocycles. The summed E-state index contributed by atoms with van der Waals surface area (Å²) in [6, 6.07) is 4.39. The van der Waals surface area contributed by atoms with Crippen LogP contribution in [0.5, 0.6) is 5.75 Å². The van der Waals surface area contributed by atoms with Gasteiger partial charge in [0.2, 0.25) is 0 Å². The van der Waals surface area contributed by atoms with Crippen LogP contribution in [0.3, 0.4) is 0 Å². The third-order valence-corrected chi connectivity index (χ3v) is 2.72. The summed E-state index contributed by atoms with van der Waals surface area (Å²) in [5.74, 6) is 0.981. The van der Waals surface area contributed by atoms with Crippen LogP contribution in [-0.4, -0.2) is 30.9 Å². The highest BCUT2D eigenvalue weighted by molar-refractivity contribution is 5.42. The highest BCUT2D eigenvalue weighted by Gasteiger charge is 2.05. The van der Waals surface area contributed by atoms with Crippen molar-refractivity contribution in [2.45, 2.75) is 33.7 Å². The zero-order valence-corrected chi connectivity index (χ0v) is 11.2. The molecule has 0 fully saturated rings. The molecule has 0 radical (unpaired) electrons. The Hall–Kier alpha value is -1.06. The van der Waals surface area contributed by atoms with E-state index in [9.17, 15) is 0 Å². The molecule has 1 rings (SSSR count). The molecule has 1 atom stereocenters. The molecule has 0 spiro atoms. The van der Waals surface area contributed by atoms with Gasteiger partial charge >= 0.3 is 0 Å². The van der Waals surface area contributed by atoms with Crippen molar-refractivity contribution in [3.63, 3.8) is 0 Å². The molecule has 3 heteroatoms. The summed E-state index contributed by atoms with van der Waals surface area (Å²) in [4.78, 5) is 0. The maximum atomic E-state index is 8.87. The average molecular weight is 237 g/mol. The van der Waals surface area contributed by atoms with Gasteiger partial charge in [-0.2, -0.15) is 0 Å². The molecule has 0 aliphatic rings. The number of aryl methyl sites for hydroxylation is 3. The van der Waals surface area contributed by atoms with Gasteiger partial charge in [-0.3, -0.25) is 0 Å². The van der Waals surface area contributed by atoms with Gasteiger partial charge in [0.1, 0.15) is 12.4 Å². The first kappa shape index (κ1) is 14.0. The fourth-order valence-corrected chi connectivity index (χ4v) is 1.92. The van der Waals surface area contributed by atoms with Crippen LogP contribution < -0.4 is 10.1 Å². The average Bonchev–Trinajstić information content (AvgIpc) is 2.26. The molecule has 17 heavy (non-hydrogen) atoms. The number of aliphatic hydroxyl groups is 1. The second-order valence-corrected chi connectivity index (χ2v) is 4.61. The lowest BCUT2D eigenvalue weighted by molar-refractivity contribution is 0.238. The van der Waals surface area contributed by atoms with Gasteiger partial charge in [-0.1, -0.05) is 17.7 Å². The minimum absolute atomic E-state index is 0.124. The predicted molar refractivity (Wildman–Crippen MR) is 70.7 cm³/mol. The highest BCUT2D eigenvalue weighted by Crippen LogP contribution is 2.24. The van der Waals surface area contributed by atoms with Gasteiger partial charge in [-0.05, 0) is 38.8 Å². The molecule has 96 valence electrons. The van der Waals surface area contributed by atoms with E-state index < -0.39 is 0 Å². The van der Waals surface area contributed by atoms with Crippen LogP contribution in [0.4, 0.5) is 0 Å². The first-order valence-corrected chi connectivity index (χ1v) is 6.09. The standard InChI is InChI=1S/C14H23NO2/c1-10-7-11(2)14(12(3)8-10)17-6-5-15-13(4)9-16/h7-8,13,15-16H,5-6,9H2,1-4H3/t13-/m1/s1. The fourth-order valence-electron chi connectivity index (χ4n) is 1.92. The van der Waals surface area contributed by atoms with E-state index in [4.69, 9.17) is 9.84 Å². The van der Waals surface area contributed by atoms with E-state index in [2.05, 4.69) is 38.2 Å². The summed E-state index contributed by atoms with van der Waals surface area (Å²) >= 11 is 0. The van der Waals surface area contributed by atoms with Crippen LogP contribution in [0.1, 0.15) is 23.6 Å². The van der Waals surface area contributed by atoms with E-state index in [-0.39, 0.29) is 12.6 Å². The Morgan fingerprint density at radius 2 is 1.82 bits per heavy atom. The van der Waals surface area contributed by atoms with Gasteiger partial charge in [0.05, 0.1) is 6.61 Å². The monoisotopic (exact) mass is 237 g/mol. The number of hydrogen-bond acceptors (Lipinski definition) is 3. The Morgan fingerprint density at radius 3 is 2.35 bits per heavy atom. The highest BCUT2D eigenvalue weighted by atomic mass is 16.5. The van der Waals surface area contributed by atoms with Crippen molar-refractivity contribution in [2.24, 2.45) is 0 Å². The Kier molecular flexibility index (Phi) is 5.45. The molecular formula is C14H23NO2. The van der Waals surface area contributed by atoms with Crippen molar-refractivity contribution in [3.8, 4) is 5.75 Å². The topological polar surface area (TPSA) is 41.5 Å². The van der Waals surface area contributed by atoms with Crippen LogP contribution in [0.2, 0.25) is 0 Å². The lowest BCUT2D eigenvalue weighted by Gasteiger charge is -2.15. The van der Waals surface area contributed by atoms with E-state index in [0.29, 0.717) is 6.61 Å². The van der Waals surface area contributed by atoms with Gasteiger partial charge in [-0.25, -0.2) is 0 Å². The van der Waals surface area contributed by atoms with Gasteiger partial charge in [-0.15, -0.1) is 0 Å². The predicted octanol–water partition coefficient (Wildman–Crippen LogP) is 1.96. The van der Waals surface area contributed by atoms with Gasteiger partial charge in [0.15, 0.2) is 0 Å². The fraction of sp³-hybridized carbons (Fsp3) is 0.571. The van der Waals surface area contributed by atoms with E-state index >= 15 is 0 Å². The molecule has 0 saturated carbocycles. The number of benzene rings is 1. The molecule has 0 bridgehead atoms. The zero-order chi connectivity index (χ0) is 12.8. The van der Waals surface area contributed by atoms with Gasteiger partial charge in [0.25, 0.3) is 0 Å². The van der Waals surface area contributed by atoms with Gasteiger partial charge in [0, 0.05) is 12.6 Å². The summed E-state index contributed by atoms with van der Waals surface area (Å²) in [6.45, 7) is 9.70. The minimum atomic E-state index is 0.124. The van der Waals surface area contributed by atoms with Crippen LogP contribution in [0, 0.1) is 20.8 Å². The van der Waals surface area contributed by atoms with Crippen LogP contribution in [-0.2, 0) is 0 Å². The summed E-state index contributed by atoms with van der Waals surface area (Å²) < 4.78 is 5.77. The number of hydrogen-bond donors (Lipinski definition) is 2. The SMILES string of the molecule is Cc1cc(C)c(OCCN[C@H](C)CO)c(C)c1. The molecule has 0 aromatic heterocycles. The Labute approximate surface area is 104 Å². The summed E-state index contributed by atoms with van der Waals surface area (Å²) in [5.41, 5.74) is 3.62. The van der Waals surface area contributed by atoms with Crippen molar-refractivity contribution in [3.05, 3.63) is 28.8 Å². The normalized spacial score (nSPS) is 12.5. The van der Waals surface area contributed by atoms with Crippen LogP contribution >= 0.6 is 0 Å². The summed E-state index contributed by atoms with van der Waals surface area (Å²) in [7, 11) is 0. The Morgan fingerprint density at radius 1 is 1.24 bits per heavy atom. The van der Waals surface area contributed by atoms with E-state index in [1.54, 1.807) is 0 Å². The van der Waals surface area contributed by atoms with Crippen LogP contribution in [0.25, 0.3) is 0 Å². The first-order valence-electron chi connectivity index (χ1n) is 6.09. The zero-order valence-electron chi connectivity index (χ0n) is 11.2. The molecule has 0 aliphatic heterocycles. The maximum absolute atomic E-state index is 8.87. The van der Waals surface area contributed by atoms with E-state index in [0.717, 1.165) is 12.3 Å². The van der Waals surface area contributed by atoms with Crippen LogP contribution in [0.15, 0.2) is 12.1 Å². The molecule has 0 aliphatic carbocycles. The number of ether oxygens (including phenoxy) is 1. The molecule has 0 unspecified atom stereocenters. The Bertz CT molecular complexity index is 340. The van der Waals surface area contributed by atoms with Crippen molar-refractivity contribution in [2.75, 3.05) is 19.8 Å². The molecule has 0 heterocycles. The largest absolute Gasteiger partial charge is 0.492 e. The lowest BCUT2D eigenvalue weighted by atomic mass is 10.1. The lowest BCUT2D eigenvalue weighted by Crippen LogP contribution is -2.32. The van der Waals surface area contributed by atoms with Crippen molar-refractivity contribution in [1.29, 1.82) is 0 Å². The second-order valence-electron chi connectivity index (χ2n) is 4.61. The molecule has 2 N–H and O–H groups in total. The van der Waals surface area contributed by atoms with E-state index in [1.165, 1.54) is 16.7 Å². The minimum Gasteiger partial charge on any atom is -0.492 e. The number of nitrogens with one attached hydrogen (secondary N) is 1. The van der Waals surface area contributed by atoms with E-state index in [1.807, 2.05) is 6.92 Å². The summed E-state index contributed by atoms with van der Waals surface area (Å²) in [6.07, 6.45) is 0. The molecule has 1 aromatic rings. The summed E-state index contributed by atoms with van der Waals surface area (Å²) in [5, 5.41) is 12.0. The van der Waals surface area contributed by atoms with Crippen molar-refractivity contribution in [1.82, 2.24) is 5.32 Å². The maximum Gasteiger partial charge on any atom is 0.125 e. The molecule has 3 nitrogen and oxygen atoms in total. The molecule has 1 aromatic carbocycles. The van der Waals surface area contributed by atoms with Gasteiger partial charge < -0.3 is 15.2 Å². The van der Waals surface area contributed by atoms with Crippen molar-refractivity contribution < 1.29 is 9.84 Å². The first-order chi connectivity index (χ1) is 8.04. The quantitative estimate of drug-likeness (QED) is 0.743. The smallest absolute Gasteiger partial charge is 0.125 e. The number of rotatable bonds is 6. The number of aliphatic hydroxyl groups excluding tert-OH is 1. The third-order valence-electron chi connectivity index (χ3n) is 2.72.